The molecule has 1 saturated carbocycles. The van der Waals surface area contributed by atoms with Gasteiger partial charge in [0.05, 0.1) is 35.2 Å². The van der Waals surface area contributed by atoms with Gasteiger partial charge in [-0.15, -0.1) is 0 Å². The molecule has 3 fully saturated rings. The molecule has 2 aliphatic heterocycles. The average Bonchev–Trinajstić information content (AvgIpc) is 3.46. The number of carbonyl (C=O) groups excluding carboxylic acids is 2. The van der Waals surface area contributed by atoms with Crippen LogP contribution in [-0.2, 0) is 20.9 Å². The first kappa shape index (κ1) is 25.2. The third-order valence-electron chi connectivity index (χ3n) is 7.36. The molecule has 10 nitrogen and oxygen atoms in total. The molecule has 0 atom stereocenters. The molecule has 3 N–H and O–H groups in total. The molecule has 1 aromatic carbocycles. The number of ether oxygens (including phenoxy) is 1. The van der Waals surface area contributed by atoms with E-state index in [2.05, 4.69) is 27.7 Å². The number of thiazole rings is 1. The first-order valence-corrected chi connectivity index (χ1v) is 14.1. The highest BCUT2D eigenvalue weighted by atomic mass is 32.1. The fourth-order valence-electron chi connectivity index (χ4n) is 5.34. The predicted molar refractivity (Wildman–Crippen MR) is 147 cm³/mol. The Morgan fingerprint density at radius 2 is 1.71 bits per heavy atom. The van der Waals surface area contributed by atoms with Crippen molar-refractivity contribution in [2.45, 2.75) is 57.2 Å². The van der Waals surface area contributed by atoms with Gasteiger partial charge in [-0.3, -0.25) is 19.4 Å². The number of carbonyl (C=O) groups is 2. The highest BCUT2D eigenvalue weighted by Gasteiger charge is 2.30. The van der Waals surface area contributed by atoms with Gasteiger partial charge in [-0.05, 0) is 61.6 Å². The number of fused-ring (bicyclic) bond motifs is 1. The fourth-order valence-corrected chi connectivity index (χ4v) is 6.25. The normalized spacial score (nSPS) is 22.8. The van der Waals surface area contributed by atoms with Crippen molar-refractivity contribution in [2.24, 2.45) is 0 Å². The summed E-state index contributed by atoms with van der Waals surface area (Å²) in [5, 5.41) is 17.5. The molecule has 3 aromatic rings. The number of imide groups is 1. The maximum Gasteiger partial charge on any atom is 0.234 e. The molecule has 1 aliphatic carbocycles. The van der Waals surface area contributed by atoms with Gasteiger partial charge in [0.2, 0.25) is 11.8 Å². The smallest absolute Gasteiger partial charge is 0.234 e. The fraction of sp³-hybridized carbons (Fsp3) is 0.481. The standard InChI is InChI=1S/C27H32N6O4S/c34-20-4-1-18(2-5-20)28-23-13-17(16-32-9-11-37-12-10-32)14-24(30-23)31-27-29-21-6-3-19(15-22(21)38-27)33-25(35)7-8-26(33)36/h3,6,13-15,18,20,34H,1-2,4-5,7-12,16H2,(H2,28,29,30,31)/t18-,20-. The number of aliphatic hydroxyl groups excluding tert-OH is 1. The zero-order valence-corrected chi connectivity index (χ0v) is 22.0. The topological polar surface area (TPSA) is 120 Å². The van der Waals surface area contributed by atoms with Crippen molar-refractivity contribution in [3.05, 3.63) is 35.9 Å². The van der Waals surface area contributed by atoms with Crippen LogP contribution in [0, 0.1) is 0 Å². The van der Waals surface area contributed by atoms with Crippen molar-refractivity contribution < 1.29 is 19.4 Å². The van der Waals surface area contributed by atoms with Crippen molar-refractivity contribution >= 4 is 55.8 Å². The Morgan fingerprint density at radius 1 is 0.974 bits per heavy atom. The average molecular weight is 537 g/mol. The summed E-state index contributed by atoms with van der Waals surface area (Å²) in [4.78, 5) is 37.6. The van der Waals surface area contributed by atoms with Gasteiger partial charge in [-0.1, -0.05) is 11.3 Å². The number of aromatic nitrogens is 2. The van der Waals surface area contributed by atoms with E-state index in [1.807, 2.05) is 12.1 Å². The van der Waals surface area contributed by atoms with Crippen LogP contribution in [-0.4, -0.2) is 70.2 Å². The zero-order chi connectivity index (χ0) is 26.1. The first-order chi connectivity index (χ1) is 18.5. The molecule has 0 radical (unpaired) electrons. The number of pyridine rings is 1. The van der Waals surface area contributed by atoms with Gasteiger partial charge in [0.25, 0.3) is 0 Å². The molecule has 0 unspecified atom stereocenters. The molecule has 38 heavy (non-hydrogen) atoms. The highest BCUT2D eigenvalue weighted by molar-refractivity contribution is 7.22. The Balaban J connectivity index is 1.24. The Kier molecular flexibility index (Phi) is 7.24. The summed E-state index contributed by atoms with van der Waals surface area (Å²) >= 11 is 1.46. The summed E-state index contributed by atoms with van der Waals surface area (Å²) in [7, 11) is 0. The van der Waals surface area contributed by atoms with Crippen LogP contribution >= 0.6 is 11.3 Å². The van der Waals surface area contributed by atoms with Gasteiger partial charge < -0.3 is 20.5 Å². The molecule has 2 aromatic heterocycles. The number of hydrogen-bond donors (Lipinski definition) is 3. The van der Waals surface area contributed by atoms with Gasteiger partial charge in [-0.25, -0.2) is 9.97 Å². The number of nitrogens with one attached hydrogen (secondary N) is 2. The molecule has 0 bridgehead atoms. The number of hydrogen-bond acceptors (Lipinski definition) is 10. The Hall–Kier alpha value is -3.12. The van der Waals surface area contributed by atoms with Crippen LogP contribution < -0.4 is 15.5 Å². The predicted octanol–water partition coefficient (Wildman–Crippen LogP) is 3.64. The van der Waals surface area contributed by atoms with E-state index in [1.54, 1.807) is 6.07 Å². The number of rotatable bonds is 7. The maximum atomic E-state index is 12.2. The summed E-state index contributed by atoms with van der Waals surface area (Å²) in [6.07, 6.45) is 3.76. The minimum Gasteiger partial charge on any atom is -0.393 e. The van der Waals surface area contributed by atoms with E-state index < -0.39 is 0 Å². The van der Waals surface area contributed by atoms with Crippen LogP contribution in [0.15, 0.2) is 30.3 Å². The lowest BCUT2D eigenvalue weighted by molar-refractivity contribution is -0.121. The van der Waals surface area contributed by atoms with Crippen molar-refractivity contribution in [1.29, 1.82) is 0 Å². The molecular formula is C27H32N6O4S. The van der Waals surface area contributed by atoms with Crippen LogP contribution in [0.5, 0.6) is 0 Å². The molecule has 200 valence electrons. The summed E-state index contributed by atoms with van der Waals surface area (Å²) < 4.78 is 6.40. The molecular weight excluding hydrogens is 504 g/mol. The van der Waals surface area contributed by atoms with Crippen molar-refractivity contribution in [3.8, 4) is 0 Å². The number of morpholine rings is 1. The molecule has 4 heterocycles. The lowest BCUT2D eigenvalue weighted by atomic mass is 9.93. The summed E-state index contributed by atoms with van der Waals surface area (Å²) in [5.41, 5.74) is 2.54. The van der Waals surface area contributed by atoms with Crippen LogP contribution in [0.25, 0.3) is 10.2 Å². The van der Waals surface area contributed by atoms with Gasteiger partial charge in [0.1, 0.15) is 11.6 Å². The lowest BCUT2D eigenvalue weighted by Gasteiger charge is -2.28. The number of benzene rings is 1. The third kappa shape index (κ3) is 5.65. The Bertz CT molecular complexity index is 1320. The lowest BCUT2D eigenvalue weighted by Crippen LogP contribution is -2.35. The molecule has 2 saturated heterocycles. The summed E-state index contributed by atoms with van der Waals surface area (Å²) in [6, 6.07) is 9.93. The van der Waals surface area contributed by atoms with E-state index in [-0.39, 0.29) is 36.8 Å². The molecule has 6 rings (SSSR count). The minimum absolute atomic E-state index is 0.161. The number of amides is 2. The van der Waals surface area contributed by atoms with Gasteiger partial charge in [0.15, 0.2) is 5.13 Å². The second-order valence-electron chi connectivity index (χ2n) is 10.2. The quantitative estimate of drug-likeness (QED) is 0.389. The van der Waals surface area contributed by atoms with Crippen LogP contribution in [0.2, 0.25) is 0 Å². The van der Waals surface area contributed by atoms with E-state index >= 15 is 0 Å². The second kappa shape index (κ2) is 10.9. The molecule has 3 aliphatic rings. The summed E-state index contributed by atoms with van der Waals surface area (Å²) in [6.45, 7) is 4.09. The minimum atomic E-state index is -0.202. The van der Waals surface area contributed by atoms with Crippen molar-refractivity contribution in [3.63, 3.8) is 0 Å². The van der Waals surface area contributed by atoms with Gasteiger partial charge in [-0.2, -0.15) is 0 Å². The maximum absolute atomic E-state index is 12.2. The van der Waals surface area contributed by atoms with Crippen LogP contribution in [0.3, 0.4) is 0 Å². The SMILES string of the molecule is O=C1CCC(=O)N1c1ccc2nc(Nc3cc(CN4CCOCC4)cc(N[C@H]4CC[C@H](O)CC4)n3)sc2c1. The largest absolute Gasteiger partial charge is 0.393 e. The van der Waals surface area contributed by atoms with Gasteiger partial charge in [0, 0.05) is 38.5 Å². The van der Waals surface area contributed by atoms with E-state index in [0.29, 0.717) is 16.6 Å². The van der Waals surface area contributed by atoms with Gasteiger partial charge >= 0.3 is 0 Å². The van der Waals surface area contributed by atoms with Crippen LogP contribution in [0.4, 0.5) is 22.5 Å². The van der Waals surface area contributed by atoms with E-state index in [9.17, 15) is 14.7 Å². The molecule has 11 heteroatoms. The second-order valence-corrected chi connectivity index (χ2v) is 11.2. The number of aliphatic hydroxyl groups is 1. The molecule has 0 spiro atoms. The first-order valence-electron chi connectivity index (χ1n) is 13.3. The number of anilines is 4. The number of nitrogens with zero attached hydrogens (tertiary/aromatic N) is 4. The van der Waals surface area contributed by atoms with Crippen molar-refractivity contribution in [2.75, 3.05) is 41.8 Å². The Morgan fingerprint density at radius 3 is 2.47 bits per heavy atom. The van der Waals surface area contributed by atoms with E-state index in [0.717, 1.165) is 80.1 Å². The van der Waals surface area contributed by atoms with Crippen molar-refractivity contribution in [1.82, 2.24) is 14.9 Å². The van der Waals surface area contributed by atoms with Crippen LogP contribution in [0.1, 0.15) is 44.1 Å². The third-order valence-corrected chi connectivity index (χ3v) is 8.29. The highest BCUT2D eigenvalue weighted by Crippen LogP contribution is 2.33. The summed E-state index contributed by atoms with van der Waals surface area (Å²) in [5.74, 6) is 1.20. The Labute approximate surface area is 225 Å². The molecule has 2 amide bonds. The monoisotopic (exact) mass is 536 g/mol. The van der Waals surface area contributed by atoms with E-state index in [4.69, 9.17) is 14.7 Å². The van der Waals surface area contributed by atoms with E-state index in [1.165, 1.54) is 16.2 Å². The zero-order valence-electron chi connectivity index (χ0n) is 21.2.